The minimum Gasteiger partial charge on any atom is -0.323 e. The Labute approximate surface area is 153 Å². The molecule has 0 saturated carbocycles. The Bertz CT molecular complexity index is 694. The Morgan fingerprint density at radius 3 is 2.62 bits per heavy atom. The third-order valence-electron chi connectivity index (χ3n) is 2.58. The molecule has 0 atom stereocenters. The van der Waals surface area contributed by atoms with E-state index in [0.29, 0.717) is 21.9 Å². The summed E-state index contributed by atoms with van der Waals surface area (Å²) in [6.07, 6.45) is 7.09. The van der Waals surface area contributed by atoms with Gasteiger partial charge in [-0.3, -0.25) is 5.10 Å². The minimum absolute atomic E-state index is 0.392. The predicted molar refractivity (Wildman–Crippen MR) is 104 cm³/mol. The highest BCUT2D eigenvalue weighted by molar-refractivity contribution is 8.03. The molecular weight excluding hydrogens is 342 g/mol. The minimum atomic E-state index is 0.392. The van der Waals surface area contributed by atoms with Crippen LogP contribution >= 0.6 is 23.4 Å². The number of thioether (sulfide) groups is 1. The van der Waals surface area contributed by atoms with E-state index < -0.39 is 0 Å². The van der Waals surface area contributed by atoms with Gasteiger partial charge < -0.3 is 5.32 Å². The fourth-order valence-electron chi connectivity index (χ4n) is 1.73. The van der Waals surface area contributed by atoms with Crippen molar-refractivity contribution in [2.45, 2.75) is 46.2 Å². The van der Waals surface area contributed by atoms with Crippen molar-refractivity contribution in [2.24, 2.45) is 0 Å². The van der Waals surface area contributed by atoms with Crippen molar-refractivity contribution in [3.63, 3.8) is 0 Å². The molecular formula is C17H24ClN5S. The summed E-state index contributed by atoms with van der Waals surface area (Å²) in [6, 6.07) is 3.57. The maximum absolute atomic E-state index is 6.09. The topological polar surface area (TPSA) is 66.5 Å². The van der Waals surface area contributed by atoms with E-state index in [0.717, 1.165) is 17.0 Å². The standard InChI is InChI=1S/C15H18ClN5S.C2H6/c1-4-6-11(7-5-2)22-15-17-12(16)9-13(19-15)18-14-8-10(3)20-21-14;1-2/h4,6-9H,5H2,1-3H3,(H2,17,18,19,20,21);1-2H3/b6-4-,11-7+;. The van der Waals surface area contributed by atoms with Gasteiger partial charge in [0.05, 0.1) is 0 Å². The van der Waals surface area contributed by atoms with Crippen LogP contribution in [-0.2, 0) is 0 Å². The highest BCUT2D eigenvalue weighted by atomic mass is 35.5. The van der Waals surface area contributed by atoms with E-state index >= 15 is 0 Å². The molecule has 0 fully saturated rings. The molecule has 2 heterocycles. The normalized spacial score (nSPS) is 11.3. The predicted octanol–water partition coefficient (Wildman–Crippen LogP) is 5.89. The van der Waals surface area contributed by atoms with Gasteiger partial charge in [-0.1, -0.05) is 62.4 Å². The Kier molecular flexibility index (Phi) is 9.19. The first-order valence-electron chi connectivity index (χ1n) is 7.95. The van der Waals surface area contributed by atoms with Crippen molar-refractivity contribution in [1.82, 2.24) is 20.2 Å². The molecule has 5 nitrogen and oxygen atoms in total. The van der Waals surface area contributed by atoms with Crippen molar-refractivity contribution in [3.05, 3.63) is 46.1 Å². The third-order valence-corrected chi connectivity index (χ3v) is 3.68. The lowest BCUT2D eigenvalue weighted by Gasteiger charge is -2.06. The molecule has 0 unspecified atom stereocenters. The van der Waals surface area contributed by atoms with Gasteiger partial charge in [-0.05, 0) is 20.3 Å². The fourth-order valence-corrected chi connectivity index (χ4v) is 2.92. The summed E-state index contributed by atoms with van der Waals surface area (Å²) >= 11 is 7.57. The summed E-state index contributed by atoms with van der Waals surface area (Å²) in [6.45, 7) is 10.0. The van der Waals surface area contributed by atoms with Crippen LogP contribution in [0.15, 0.2) is 40.4 Å². The molecule has 2 aromatic rings. The quantitative estimate of drug-likeness (QED) is 0.289. The van der Waals surface area contributed by atoms with Crippen LogP contribution in [0.3, 0.4) is 0 Å². The molecule has 0 aromatic carbocycles. The molecule has 0 saturated heterocycles. The van der Waals surface area contributed by atoms with Crippen LogP contribution < -0.4 is 5.32 Å². The molecule has 0 radical (unpaired) electrons. The Morgan fingerprint density at radius 1 is 1.29 bits per heavy atom. The van der Waals surface area contributed by atoms with Crippen LogP contribution in [0.25, 0.3) is 0 Å². The Balaban J connectivity index is 0.00000139. The Hall–Kier alpha value is -1.79. The van der Waals surface area contributed by atoms with Gasteiger partial charge in [0.25, 0.3) is 0 Å². The van der Waals surface area contributed by atoms with Gasteiger partial charge >= 0.3 is 0 Å². The lowest BCUT2D eigenvalue weighted by molar-refractivity contribution is 0.972. The number of allylic oxidation sites excluding steroid dienone is 3. The molecule has 2 N–H and O–H groups in total. The average Bonchev–Trinajstić information content (AvgIpc) is 2.94. The molecule has 24 heavy (non-hydrogen) atoms. The highest BCUT2D eigenvalue weighted by Gasteiger charge is 2.07. The van der Waals surface area contributed by atoms with Crippen LogP contribution in [0.1, 0.15) is 39.8 Å². The number of rotatable bonds is 6. The van der Waals surface area contributed by atoms with Gasteiger partial charge in [0, 0.05) is 22.7 Å². The van der Waals surface area contributed by atoms with E-state index in [1.54, 1.807) is 6.07 Å². The second kappa shape index (κ2) is 10.9. The zero-order chi connectivity index (χ0) is 17.9. The first-order valence-corrected chi connectivity index (χ1v) is 9.14. The number of halogens is 1. The number of nitrogens with zero attached hydrogens (tertiary/aromatic N) is 3. The Morgan fingerprint density at radius 2 is 2.04 bits per heavy atom. The SMILES string of the molecule is C/C=C\C(=C/CC)Sc1nc(Cl)cc(Nc2cc(C)[nH]n2)n1.CC. The lowest BCUT2D eigenvalue weighted by atomic mass is 10.4. The molecule has 0 aliphatic heterocycles. The molecule has 0 bridgehead atoms. The van der Waals surface area contributed by atoms with E-state index in [2.05, 4.69) is 38.5 Å². The summed E-state index contributed by atoms with van der Waals surface area (Å²) < 4.78 is 0. The number of hydrogen-bond acceptors (Lipinski definition) is 5. The van der Waals surface area contributed by atoms with E-state index in [1.807, 2.05) is 45.9 Å². The van der Waals surface area contributed by atoms with Crippen LogP contribution in [0.4, 0.5) is 11.6 Å². The van der Waals surface area contributed by atoms with Gasteiger partial charge in [0.15, 0.2) is 11.0 Å². The molecule has 0 spiro atoms. The first kappa shape index (κ1) is 20.3. The second-order valence-electron chi connectivity index (χ2n) is 4.54. The van der Waals surface area contributed by atoms with Gasteiger partial charge in [-0.25, -0.2) is 9.97 Å². The van der Waals surface area contributed by atoms with Crippen LogP contribution in [0.5, 0.6) is 0 Å². The number of anilines is 2. The van der Waals surface area contributed by atoms with Gasteiger partial charge in [-0.15, -0.1) is 0 Å². The summed E-state index contributed by atoms with van der Waals surface area (Å²) in [4.78, 5) is 9.82. The fraction of sp³-hybridized carbons (Fsp3) is 0.353. The number of aromatic nitrogens is 4. The number of nitrogens with one attached hydrogen (secondary N) is 2. The lowest BCUT2D eigenvalue weighted by Crippen LogP contribution is -1.97. The van der Waals surface area contributed by atoms with Gasteiger partial charge in [0.1, 0.15) is 11.0 Å². The summed E-state index contributed by atoms with van der Waals surface area (Å²) in [5.41, 5.74) is 0.971. The van der Waals surface area contributed by atoms with Gasteiger partial charge in [0.2, 0.25) is 0 Å². The number of aryl methyl sites for hydroxylation is 1. The zero-order valence-electron chi connectivity index (χ0n) is 14.7. The third kappa shape index (κ3) is 6.76. The monoisotopic (exact) mass is 365 g/mol. The van der Waals surface area contributed by atoms with Crippen molar-refractivity contribution in [1.29, 1.82) is 0 Å². The van der Waals surface area contributed by atoms with Crippen molar-refractivity contribution < 1.29 is 0 Å². The van der Waals surface area contributed by atoms with Crippen molar-refractivity contribution >= 4 is 35.0 Å². The van der Waals surface area contributed by atoms with Crippen molar-refractivity contribution in [3.8, 4) is 0 Å². The molecule has 0 amide bonds. The molecule has 0 aliphatic carbocycles. The van der Waals surface area contributed by atoms with Crippen LogP contribution in [-0.4, -0.2) is 20.2 Å². The largest absolute Gasteiger partial charge is 0.323 e. The summed E-state index contributed by atoms with van der Waals surface area (Å²) in [5.74, 6) is 1.31. The number of aromatic amines is 1. The zero-order valence-corrected chi connectivity index (χ0v) is 16.3. The summed E-state index contributed by atoms with van der Waals surface area (Å²) in [7, 11) is 0. The van der Waals surface area contributed by atoms with Crippen LogP contribution in [0, 0.1) is 6.92 Å². The van der Waals surface area contributed by atoms with E-state index in [4.69, 9.17) is 11.6 Å². The molecule has 2 rings (SSSR count). The van der Waals surface area contributed by atoms with E-state index in [1.165, 1.54) is 11.8 Å². The van der Waals surface area contributed by atoms with Crippen molar-refractivity contribution in [2.75, 3.05) is 5.32 Å². The molecule has 7 heteroatoms. The molecule has 130 valence electrons. The first-order chi connectivity index (χ1) is 11.6. The molecule has 2 aromatic heterocycles. The summed E-state index contributed by atoms with van der Waals surface area (Å²) in [5, 5.41) is 11.1. The average molecular weight is 366 g/mol. The second-order valence-corrected chi connectivity index (χ2v) is 5.96. The van der Waals surface area contributed by atoms with E-state index in [9.17, 15) is 0 Å². The maximum atomic E-state index is 6.09. The molecule has 0 aliphatic rings. The maximum Gasteiger partial charge on any atom is 0.195 e. The van der Waals surface area contributed by atoms with Crippen LogP contribution in [0.2, 0.25) is 5.15 Å². The number of H-pyrrole nitrogens is 1. The van der Waals surface area contributed by atoms with Gasteiger partial charge in [-0.2, -0.15) is 5.10 Å². The smallest absolute Gasteiger partial charge is 0.195 e. The highest BCUT2D eigenvalue weighted by Crippen LogP contribution is 2.28. The van der Waals surface area contributed by atoms with E-state index in [-0.39, 0.29) is 0 Å². The number of hydrogen-bond donors (Lipinski definition) is 2.